The number of aromatic nitrogens is 2. The maximum absolute atomic E-state index is 12.8. The van der Waals surface area contributed by atoms with E-state index in [1.165, 1.54) is 23.9 Å². The second-order valence-corrected chi connectivity index (χ2v) is 3.56. The zero-order chi connectivity index (χ0) is 12.4. The van der Waals surface area contributed by atoms with Crippen molar-refractivity contribution in [3.63, 3.8) is 0 Å². The minimum Gasteiger partial charge on any atom is -0.465 e. The number of halogens is 1. The van der Waals surface area contributed by atoms with Crippen LogP contribution in [0.1, 0.15) is 10.4 Å². The Hall–Kier alpha value is -2.17. The molecule has 0 saturated heterocycles. The number of nitrogens with zero attached hydrogens (tertiary/aromatic N) is 2. The summed E-state index contributed by atoms with van der Waals surface area (Å²) in [5, 5.41) is 4.17. The molecule has 0 aliphatic heterocycles. The van der Waals surface area contributed by atoms with E-state index >= 15 is 0 Å². The van der Waals surface area contributed by atoms with Gasteiger partial charge in [-0.05, 0) is 24.3 Å². The molecule has 0 saturated carbocycles. The molecule has 17 heavy (non-hydrogen) atoms. The topological polar surface area (TPSA) is 44.1 Å². The van der Waals surface area contributed by atoms with Gasteiger partial charge in [0, 0.05) is 18.8 Å². The predicted molar refractivity (Wildman–Crippen MR) is 59.9 cm³/mol. The Labute approximate surface area is 97.6 Å². The number of carbonyl (C=O) groups excluding carboxylic acids is 1. The minimum atomic E-state index is -0.461. The van der Waals surface area contributed by atoms with E-state index in [-0.39, 0.29) is 5.82 Å². The Kier molecular flexibility index (Phi) is 2.91. The Balaban J connectivity index is 2.51. The van der Waals surface area contributed by atoms with Crippen molar-refractivity contribution in [1.82, 2.24) is 9.78 Å². The van der Waals surface area contributed by atoms with Crippen molar-refractivity contribution >= 4 is 5.97 Å². The van der Waals surface area contributed by atoms with E-state index in [0.717, 1.165) is 0 Å². The molecule has 0 fully saturated rings. The highest BCUT2D eigenvalue weighted by Gasteiger charge is 2.17. The quantitative estimate of drug-likeness (QED) is 0.746. The summed E-state index contributed by atoms with van der Waals surface area (Å²) in [5.41, 5.74) is 1.52. The number of hydrogen-bond donors (Lipinski definition) is 0. The normalized spacial score (nSPS) is 10.3. The third-order valence-corrected chi connectivity index (χ3v) is 2.35. The van der Waals surface area contributed by atoms with Crippen LogP contribution < -0.4 is 0 Å². The molecule has 2 aromatic rings. The van der Waals surface area contributed by atoms with E-state index in [2.05, 4.69) is 9.84 Å². The van der Waals surface area contributed by atoms with E-state index in [9.17, 15) is 9.18 Å². The summed E-state index contributed by atoms with van der Waals surface area (Å²) in [6, 6.07) is 5.80. The van der Waals surface area contributed by atoms with E-state index < -0.39 is 5.97 Å². The molecule has 4 nitrogen and oxygen atoms in total. The molecule has 0 unspecified atom stereocenters. The molecule has 0 amide bonds. The third-order valence-electron chi connectivity index (χ3n) is 2.35. The highest BCUT2D eigenvalue weighted by molar-refractivity contribution is 5.95. The molecule has 2 rings (SSSR count). The average molecular weight is 234 g/mol. The summed E-state index contributed by atoms with van der Waals surface area (Å²) in [7, 11) is 3.02. The summed E-state index contributed by atoms with van der Waals surface area (Å²) in [6.45, 7) is 0. The van der Waals surface area contributed by atoms with E-state index in [1.54, 1.807) is 25.4 Å². The van der Waals surface area contributed by atoms with Gasteiger partial charge in [0.1, 0.15) is 17.1 Å². The molecule has 88 valence electrons. The van der Waals surface area contributed by atoms with Crippen LogP contribution in [-0.2, 0) is 11.8 Å². The number of hydrogen-bond acceptors (Lipinski definition) is 3. The summed E-state index contributed by atoms with van der Waals surface area (Å²) < 4.78 is 19.0. The zero-order valence-corrected chi connectivity index (χ0v) is 9.48. The fourth-order valence-corrected chi connectivity index (χ4v) is 1.57. The van der Waals surface area contributed by atoms with Gasteiger partial charge in [-0.2, -0.15) is 5.10 Å². The third kappa shape index (κ3) is 2.18. The van der Waals surface area contributed by atoms with Gasteiger partial charge >= 0.3 is 5.97 Å². The van der Waals surface area contributed by atoms with Gasteiger partial charge in [-0.1, -0.05) is 0 Å². The van der Waals surface area contributed by atoms with Crippen LogP contribution in [0.5, 0.6) is 0 Å². The lowest BCUT2D eigenvalue weighted by Crippen LogP contribution is -2.01. The smallest absolute Gasteiger partial charge is 0.341 e. The van der Waals surface area contributed by atoms with Gasteiger partial charge in [-0.15, -0.1) is 0 Å². The van der Waals surface area contributed by atoms with Gasteiger partial charge in [0.05, 0.1) is 7.11 Å². The largest absolute Gasteiger partial charge is 0.465 e. The molecule has 1 aromatic carbocycles. The van der Waals surface area contributed by atoms with Crippen LogP contribution in [-0.4, -0.2) is 22.9 Å². The Morgan fingerprint density at radius 2 is 2.00 bits per heavy atom. The molecule has 5 heteroatoms. The van der Waals surface area contributed by atoms with Crippen molar-refractivity contribution in [1.29, 1.82) is 0 Å². The summed E-state index contributed by atoms with van der Waals surface area (Å²) >= 11 is 0. The van der Waals surface area contributed by atoms with Crippen LogP contribution in [0.25, 0.3) is 11.3 Å². The van der Waals surface area contributed by atoms with Crippen LogP contribution in [0, 0.1) is 5.82 Å². The first-order valence-electron chi connectivity index (χ1n) is 4.99. The molecule has 0 aliphatic carbocycles. The van der Waals surface area contributed by atoms with Crippen LogP contribution in [0.15, 0.2) is 30.5 Å². The van der Waals surface area contributed by atoms with Crippen molar-refractivity contribution in [3.05, 3.63) is 41.8 Å². The molecule has 1 heterocycles. The highest BCUT2D eigenvalue weighted by Crippen LogP contribution is 2.22. The maximum Gasteiger partial charge on any atom is 0.341 e. The molecule has 0 aliphatic rings. The molecule has 0 N–H and O–H groups in total. The Bertz CT molecular complexity index is 546. The molecular weight excluding hydrogens is 223 g/mol. The highest BCUT2D eigenvalue weighted by atomic mass is 19.1. The fourth-order valence-electron chi connectivity index (χ4n) is 1.57. The average Bonchev–Trinajstić information content (AvgIpc) is 2.71. The van der Waals surface area contributed by atoms with Crippen LogP contribution in [0.4, 0.5) is 4.39 Å². The molecule has 0 spiro atoms. The second kappa shape index (κ2) is 4.37. The van der Waals surface area contributed by atoms with Crippen molar-refractivity contribution in [2.24, 2.45) is 7.05 Å². The fraction of sp³-hybridized carbons (Fsp3) is 0.167. The van der Waals surface area contributed by atoms with E-state index in [1.807, 2.05) is 0 Å². The summed E-state index contributed by atoms with van der Waals surface area (Å²) in [4.78, 5) is 11.5. The molecule has 0 bridgehead atoms. The van der Waals surface area contributed by atoms with Crippen LogP contribution in [0.2, 0.25) is 0 Å². The molecule has 1 aromatic heterocycles. The predicted octanol–water partition coefficient (Wildman–Crippen LogP) is 2.01. The number of esters is 1. The lowest BCUT2D eigenvalue weighted by molar-refractivity contribution is 0.0601. The SMILES string of the molecule is COC(=O)c1cn(C)nc1-c1ccc(F)cc1. The number of benzene rings is 1. The van der Waals surface area contributed by atoms with E-state index in [4.69, 9.17) is 0 Å². The van der Waals surface area contributed by atoms with E-state index in [0.29, 0.717) is 16.8 Å². The summed E-state index contributed by atoms with van der Waals surface area (Å²) in [5.74, 6) is -0.790. The van der Waals surface area contributed by atoms with Crippen molar-refractivity contribution < 1.29 is 13.9 Å². The van der Waals surface area contributed by atoms with Gasteiger partial charge in [-0.3, -0.25) is 4.68 Å². The Morgan fingerprint density at radius 1 is 1.35 bits per heavy atom. The number of carbonyl (C=O) groups is 1. The first-order chi connectivity index (χ1) is 8.11. The monoisotopic (exact) mass is 234 g/mol. The van der Waals surface area contributed by atoms with Gasteiger partial charge in [0.25, 0.3) is 0 Å². The molecule has 0 atom stereocenters. The lowest BCUT2D eigenvalue weighted by Gasteiger charge is -2.00. The maximum atomic E-state index is 12.8. The molecular formula is C12H11FN2O2. The summed E-state index contributed by atoms with van der Waals surface area (Å²) in [6.07, 6.45) is 1.57. The number of aryl methyl sites for hydroxylation is 1. The zero-order valence-electron chi connectivity index (χ0n) is 9.48. The van der Waals surface area contributed by atoms with Gasteiger partial charge < -0.3 is 4.74 Å². The Morgan fingerprint density at radius 3 is 2.59 bits per heavy atom. The second-order valence-electron chi connectivity index (χ2n) is 3.56. The van der Waals surface area contributed by atoms with Crippen LogP contribution >= 0.6 is 0 Å². The number of rotatable bonds is 2. The molecule has 0 radical (unpaired) electrons. The van der Waals surface area contributed by atoms with Crippen molar-refractivity contribution in [2.75, 3.05) is 7.11 Å². The first kappa shape index (κ1) is 11.3. The van der Waals surface area contributed by atoms with Crippen molar-refractivity contribution in [2.45, 2.75) is 0 Å². The number of methoxy groups -OCH3 is 1. The van der Waals surface area contributed by atoms with Crippen molar-refractivity contribution in [3.8, 4) is 11.3 Å². The standard InChI is InChI=1S/C12H11FN2O2/c1-15-7-10(12(16)17-2)11(14-15)8-3-5-9(13)6-4-8/h3-7H,1-2H3. The van der Waals surface area contributed by atoms with Crippen LogP contribution in [0.3, 0.4) is 0 Å². The van der Waals surface area contributed by atoms with Gasteiger partial charge in [0.15, 0.2) is 0 Å². The first-order valence-corrected chi connectivity index (χ1v) is 4.99. The van der Waals surface area contributed by atoms with Gasteiger partial charge in [-0.25, -0.2) is 9.18 Å². The van der Waals surface area contributed by atoms with Gasteiger partial charge in [0.2, 0.25) is 0 Å². The number of ether oxygens (including phenoxy) is 1. The lowest BCUT2D eigenvalue weighted by atomic mass is 10.1. The minimum absolute atomic E-state index is 0.329.